The van der Waals surface area contributed by atoms with Gasteiger partial charge in [0.1, 0.15) is 0 Å². The van der Waals surface area contributed by atoms with Crippen molar-refractivity contribution in [2.45, 2.75) is 19.0 Å². The molecule has 0 bridgehead atoms. The Morgan fingerprint density at radius 3 is 2.84 bits per heavy atom. The molecule has 6 heteroatoms. The molecule has 2 aromatic rings. The molecule has 0 aliphatic carbocycles. The largest absolute Gasteiger partial charge is 0.481 e. The van der Waals surface area contributed by atoms with E-state index in [9.17, 15) is 4.79 Å². The van der Waals surface area contributed by atoms with E-state index in [0.29, 0.717) is 5.16 Å². The van der Waals surface area contributed by atoms with Crippen LogP contribution in [0, 0.1) is 13.8 Å². The number of benzene rings is 1. The highest BCUT2D eigenvalue weighted by atomic mass is 79.9. The van der Waals surface area contributed by atoms with Crippen molar-refractivity contribution in [3.05, 3.63) is 40.1 Å². The van der Waals surface area contributed by atoms with E-state index in [0.717, 1.165) is 21.4 Å². The molecule has 1 aromatic carbocycles. The summed E-state index contributed by atoms with van der Waals surface area (Å²) in [6.45, 7) is 3.98. The van der Waals surface area contributed by atoms with Crippen LogP contribution in [0.2, 0.25) is 0 Å². The van der Waals surface area contributed by atoms with E-state index in [2.05, 4.69) is 20.9 Å². The number of carbonyl (C=O) groups is 1. The van der Waals surface area contributed by atoms with Crippen LogP contribution in [0.15, 0.2) is 34.0 Å². The smallest absolute Gasteiger partial charge is 0.313 e. The number of nitrogens with zero attached hydrogens (tertiary/aromatic N) is 2. The normalized spacial score (nSPS) is 10.7. The van der Waals surface area contributed by atoms with Crippen molar-refractivity contribution in [1.82, 2.24) is 9.55 Å². The van der Waals surface area contributed by atoms with Crippen LogP contribution in [0.1, 0.15) is 11.3 Å². The fourth-order valence-corrected chi connectivity index (χ4v) is 3.03. The topological polar surface area (TPSA) is 55.1 Å². The molecule has 0 unspecified atom stereocenters. The van der Waals surface area contributed by atoms with Gasteiger partial charge in [-0.3, -0.25) is 9.36 Å². The van der Waals surface area contributed by atoms with E-state index in [-0.39, 0.29) is 5.75 Å². The van der Waals surface area contributed by atoms with Crippen LogP contribution < -0.4 is 0 Å². The lowest BCUT2D eigenvalue weighted by Gasteiger charge is -2.12. The second-order valence-corrected chi connectivity index (χ2v) is 5.99. The molecule has 0 atom stereocenters. The quantitative estimate of drug-likeness (QED) is 0.866. The third-order valence-corrected chi connectivity index (χ3v) is 4.06. The van der Waals surface area contributed by atoms with Gasteiger partial charge in [-0.05, 0) is 37.6 Å². The molecule has 4 nitrogen and oxygen atoms in total. The molecule has 0 saturated heterocycles. The minimum atomic E-state index is -0.843. The first kappa shape index (κ1) is 14.1. The maximum absolute atomic E-state index is 10.7. The van der Waals surface area contributed by atoms with Gasteiger partial charge in [0.15, 0.2) is 5.16 Å². The zero-order valence-electron chi connectivity index (χ0n) is 10.6. The lowest BCUT2D eigenvalue weighted by Crippen LogP contribution is -2.04. The van der Waals surface area contributed by atoms with Crippen molar-refractivity contribution in [2.24, 2.45) is 0 Å². The molecule has 1 heterocycles. The van der Waals surface area contributed by atoms with Crippen LogP contribution in [0.5, 0.6) is 0 Å². The maximum Gasteiger partial charge on any atom is 0.313 e. The van der Waals surface area contributed by atoms with Crippen molar-refractivity contribution >= 4 is 33.7 Å². The molecule has 100 valence electrons. The minimum Gasteiger partial charge on any atom is -0.481 e. The predicted octanol–water partition coefficient (Wildman–Crippen LogP) is 3.43. The van der Waals surface area contributed by atoms with Crippen LogP contribution in [-0.4, -0.2) is 26.4 Å². The minimum absolute atomic E-state index is 0.00598. The van der Waals surface area contributed by atoms with Crippen LogP contribution in [0.4, 0.5) is 0 Å². The number of aliphatic carboxylic acids is 1. The number of halogens is 1. The van der Waals surface area contributed by atoms with Gasteiger partial charge in [-0.1, -0.05) is 27.7 Å². The Bertz CT molecular complexity index is 625. The van der Waals surface area contributed by atoms with Crippen LogP contribution >= 0.6 is 27.7 Å². The number of carboxylic acids is 1. The zero-order chi connectivity index (χ0) is 14.0. The number of hydrogen-bond donors (Lipinski definition) is 1. The molecular weight excluding hydrogens is 328 g/mol. The summed E-state index contributed by atoms with van der Waals surface area (Å²) in [7, 11) is 0. The molecule has 0 aliphatic rings. The highest BCUT2D eigenvalue weighted by Gasteiger charge is 2.13. The number of rotatable bonds is 4. The van der Waals surface area contributed by atoms with Gasteiger partial charge >= 0.3 is 5.97 Å². The van der Waals surface area contributed by atoms with Crippen molar-refractivity contribution in [2.75, 3.05) is 5.75 Å². The zero-order valence-corrected chi connectivity index (χ0v) is 13.0. The van der Waals surface area contributed by atoms with Gasteiger partial charge in [0.05, 0.1) is 11.4 Å². The molecule has 0 aliphatic heterocycles. The standard InChI is InChI=1S/C13H13BrN2O2S/c1-8-5-10(14)3-4-11(8)16-9(2)6-15-13(16)19-7-12(17)18/h3-6H,7H2,1-2H3,(H,17,18). The summed E-state index contributed by atoms with van der Waals surface area (Å²) in [6.07, 6.45) is 1.76. The molecule has 0 spiro atoms. The second kappa shape index (κ2) is 5.79. The summed E-state index contributed by atoms with van der Waals surface area (Å²) in [4.78, 5) is 15.0. The molecule has 2 rings (SSSR count). The summed E-state index contributed by atoms with van der Waals surface area (Å²) in [5.41, 5.74) is 3.11. The highest BCUT2D eigenvalue weighted by molar-refractivity contribution is 9.10. The number of thioether (sulfide) groups is 1. The van der Waals surface area contributed by atoms with Crippen molar-refractivity contribution in [3.63, 3.8) is 0 Å². The average Bonchev–Trinajstić information content (AvgIpc) is 2.68. The Labute approximate surface area is 124 Å². The van der Waals surface area contributed by atoms with Gasteiger partial charge in [-0.15, -0.1) is 0 Å². The molecule has 19 heavy (non-hydrogen) atoms. The lowest BCUT2D eigenvalue weighted by molar-refractivity contribution is -0.133. The fraction of sp³-hybridized carbons (Fsp3) is 0.231. The highest BCUT2D eigenvalue weighted by Crippen LogP contribution is 2.26. The molecule has 0 saturated carbocycles. The molecule has 1 aromatic heterocycles. The van der Waals surface area contributed by atoms with E-state index in [4.69, 9.17) is 5.11 Å². The van der Waals surface area contributed by atoms with Gasteiger partial charge in [0.2, 0.25) is 0 Å². The summed E-state index contributed by atoms with van der Waals surface area (Å²) in [6, 6.07) is 5.99. The third-order valence-electron chi connectivity index (χ3n) is 2.63. The molecular formula is C13H13BrN2O2S. The monoisotopic (exact) mass is 340 g/mol. The van der Waals surface area contributed by atoms with E-state index in [1.165, 1.54) is 11.8 Å². The van der Waals surface area contributed by atoms with Crippen molar-refractivity contribution in [1.29, 1.82) is 0 Å². The number of imidazole rings is 1. The lowest BCUT2D eigenvalue weighted by atomic mass is 10.2. The van der Waals surface area contributed by atoms with Gasteiger partial charge in [0.25, 0.3) is 0 Å². The maximum atomic E-state index is 10.7. The predicted molar refractivity (Wildman–Crippen MR) is 79.1 cm³/mol. The molecule has 0 amide bonds. The Morgan fingerprint density at radius 2 is 2.21 bits per heavy atom. The molecule has 0 radical (unpaired) electrons. The summed E-state index contributed by atoms with van der Waals surface area (Å²) in [5, 5.41) is 9.47. The first-order chi connectivity index (χ1) is 8.99. The van der Waals surface area contributed by atoms with Gasteiger partial charge < -0.3 is 5.11 Å². The van der Waals surface area contributed by atoms with Gasteiger partial charge in [-0.2, -0.15) is 0 Å². The number of hydrogen-bond acceptors (Lipinski definition) is 3. The van der Waals surface area contributed by atoms with Crippen molar-refractivity contribution < 1.29 is 9.90 Å². The fourth-order valence-electron chi connectivity index (χ4n) is 1.81. The Balaban J connectivity index is 2.43. The first-order valence-electron chi connectivity index (χ1n) is 5.64. The van der Waals surface area contributed by atoms with Crippen molar-refractivity contribution in [3.8, 4) is 5.69 Å². The Hall–Kier alpha value is -1.27. The number of aromatic nitrogens is 2. The third kappa shape index (κ3) is 3.19. The summed E-state index contributed by atoms with van der Waals surface area (Å²) in [5.74, 6) is -0.837. The van der Waals surface area contributed by atoms with E-state index in [1.807, 2.05) is 36.6 Å². The summed E-state index contributed by atoms with van der Waals surface area (Å²) >= 11 is 4.66. The molecule has 0 fully saturated rings. The van der Waals surface area contributed by atoms with Crippen LogP contribution in [0.25, 0.3) is 5.69 Å². The van der Waals surface area contributed by atoms with E-state index < -0.39 is 5.97 Å². The van der Waals surface area contributed by atoms with E-state index >= 15 is 0 Å². The van der Waals surface area contributed by atoms with E-state index in [1.54, 1.807) is 6.20 Å². The molecule has 1 N–H and O–H groups in total. The van der Waals surface area contributed by atoms with Crippen LogP contribution in [-0.2, 0) is 4.79 Å². The van der Waals surface area contributed by atoms with Gasteiger partial charge in [-0.25, -0.2) is 4.98 Å². The Kier molecular flexibility index (Phi) is 4.31. The average molecular weight is 341 g/mol. The van der Waals surface area contributed by atoms with Gasteiger partial charge in [0, 0.05) is 16.4 Å². The second-order valence-electron chi connectivity index (χ2n) is 4.13. The first-order valence-corrected chi connectivity index (χ1v) is 7.42. The Morgan fingerprint density at radius 1 is 1.47 bits per heavy atom. The number of carboxylic acid groups (broad SMARTS) is 1. The number of aryl methyl sites for hydroxylation is 2. The SMILES string of the molecule is Cc1cc(Br)ccc1-n1c(C)cnc1SCC(=O)O. The van der Waals surface area contributed by atoms with Crippen LogP contribution in [0.3, 0.4) is 0 Å². The summed E-state index contributed by atoms with van der Waals surface area (Å²) < 4.78 is 3.00.